The molecule has 4 heteroatoms. The Labute approximate surface area is 131 Å². The molecule has 1 aliphatic rings. The minimum Gasteiger partial charge on any atom is -0.503 e. The van der Waals surface area contributed by atoms with Crippen LogP contribution in [0.5, 0.6) is 0 Å². The number of anilines is 1. The van der Waals surface area contributed by atoms with Crippen LogP contribution in [0.15, 0.2) is 35.6 Å². The number of Topliss-reactive ketones (excluding diaryl/α,β-unsaturated/α-hetero) is 1. The van der Waals surface area contributed by atoms with Crippen LogP contribution >= 0.6 is 0 Å². The van der Waals surface area contributed by atoms with Gasteiger partial charge in [0.25, 0.3) is 5.91 Å². The van der Waals surface area contributed by atoms with E-state index in [1.165, 1.54) is 6.92 Å². The molecule has 1 amide bonds. The Bertz CT molecular complexity index is 653. The Balaban J connectivity index is 2.53. The van der Waals surface area contributed by atoms with Gasteiger partial charge < -0.3 is 5.11 Å². The first-order valence-corrected chi connectivity index (χ1v) is 7.46. The van der Waals surface area contributed by atoms with E-state index < -0.39 is 17.7 Å². The fourth-order valence-electron chi connectivity index (χ4n) is 2.91. The Morgan fingerprint density at radius 1 is 1.32 bits per heavy atom. The van der Waals surface area contributed by atoms with Crippen LogP contribution in [0.4, 0.5) is 5.69 Å². The minimum atomic E-state index is -0.495. The molecule has 1 aromatic carbocycles. The second kappa shape index (κ2) is 5.59. The topological polar surface area (TPSA) is 57.6 Å². The molecule has 0 saturated heterocycles. The van der Waals surface area contributed by atoms with Crippen molar-refractivity contribution in [2.45, 2.75) is 47.1 Å². The van der Waals surface area contributed by atoms with Crippen LogP contribution in [0.1, 0.15) is 39.7 Å². The van der Waals surface area contributed by atoms with E-state index in [0.29, 0.717) is 12.1 Å². The monoisotopic (exact) mass is 301 g/mol. The van der Waals surface area contributed by atoms with Crippen molar-refractivity contribution in [2.24, 2.45) is 5.41 Å². The molecule has 0 aromatic heterocycles. The zero-order valence-electron chi connectivity index (χ0n) is 13.8. The number of amides is 1. The Morgan fingerprint density at radius 2 is 1.95 bits per heavy atom. The average Bonchev–Trinajstić information content (AvgIpc) is 2.59. The van der Waals surface area contributed by atoms with Gasteiger partial charge in [-0.25, -0.2) is 0 Å². The summed E-state index contributed by atoms with van der Waals surface area (Å²) < 4.78 is 0. The number of carbonyl (C=O) groups excluding carboxylic acids is 2. The molecule has 1 unspecified atom stereocenters. The van der Waals surface area contributed by atoms with Crippen molar-refractivity contribution in [2.75, 3.05) is 4.90 Å². The number of hydrogen-bond acceptors (Lipinski definition) is 3. The van der Waals surface area contributed by atoms with E-state index in [2.05, 4.69) is 20.8 Å². The van der Waals surface area contributed by atoms with Crippen molar-refractivity contribution in [3.05, 3.63) is 41.2 Å². The molecule has 0 aliphatic carbocycles. The number of aliphatic hydroxyl groups excluding tert-OH is 1. The Hall–Kier alpha value is -2.10. The number of hydrogen-bond donors (Lipinski definition) is 1. The van der Waals surface area contributed by atoms with Gasteiger partial charge in [-0.3, -0.25) is 14.5 Å². The van der Waals surface area contributed by atoms with Crippen LogP contribution in [0.2, 0.25) is 0 Å². The molecule has 1 atom stereocenters. The molecule has 1 N–H and O–H groups in total. The van der Waals surface area contributed by atoms with Crippen molar-refractivity contribution >= 4 is 17.4 Å². The average molecular weight is 301 g/mol. The summed E-state index contributed by atoms with van der Waals surface area (Å²) in [5.74, 6) is -1.16. The van der Waals surface area contributed by atoms with Gasteiger partial charge in [-0.15, -0.1) is 0 Å². The maximum absolute atomic E-state index is 12.5. The van der Waals surface area contributed by atoms with Crippen molar-refractivity contribution in [3.8, 4) is 0 Å². The fourth-order valence-corrected chi connectivity index (χ4v) is 2.91. The van der Waals surface area contributed by atoms with Gasteiger partial charge in [0, 0.05) is 5.69 Å². The van der Waals surface area contributed by atoms with Gasteiger partial charge in [-0.05, 0) is 43.4 Å². The van der Waals surface area contributed by atoms with Crippen LogP contribution in [-0.2, 0) is 9.59 Å². The van der Waals surface area contributed by atoms with E-state index >= 15 is 0 Å². The summed E-state index contributed by atoms with van der Waals surface area (Å²) in [6.45, 7) is 9.51. The van der Waals surface area contributed by atoms with Gasteiger partial charge in [-0.2, -0.15) is 0 Å². The number of rotatable bonds is 3. The normalized spacial score (nSPS) is 19.0. The lowest BCUT2D eigenvalue weighted by molar-refractivity contribution is -0.117. The molecule has 1 heterocycles. The quantitative estimate of drug-likeness (QED) is 0.929. The van der Waals surface area contributed by atoms with Crippen LogP contribution in [0.3, 0.4) is 0 Å². The molecule has 1 aromatic rings. The van der Waals surface area contributed by atoms with E-state index in [0.717, 1.165) is 5.56 Å². The molecule has 22 heavy (non-hydrogen) atoms. The largest absolute Gasteiger partial charge is 0.503 e. The number of nitrogens with zero attached hydrogens (tertiary/aromatic N) is 1. The zero-order chi connectivity index (χ0) is 16.7. The van der Waals surface area contributed by atoms with E-state index in [1.807, 2.05) is 31.2 Å². The highest BCUT2D eigenvalue weighted by molar-refractivity contribution is 6.15. The summed E-state index contributed by atoms with van der Waals surface area (Å²) in [6, 6.07) is 7.12. The number of benzene rings is 1. The summed E-state index contributed by atoms with van der Waals surface area (Å²) in [4.78, 5) is 26.0. The summed E-state index contributed by atoms with van der Waals surface area (Å²) in [5.41, 5.74) is 1.87. The van der Waals surface area contributed by atoms with E-state index in [-0.39, 0.29) is 16.8 Å². The molecule has 4 nitrogen and oxygen atoms in total. The summed E-state index contributed by atoms with van der Waals surface area (Å²) >= 11 is 0. The van der Waals surface area contributed by atoms with Crippen molar-refractivity contribution < 1.29 is 14.7 Å². The molecule has 118 valence electrons. The van der Waals surface area contributed by atoms with E-state index in [4.69, 9.17) is 0 Å². The molecule has 0 fully saturated rings. The number of aliphatic hydroxyl groups is 1. The maximum atomic E-state index is 12.5. The Kier molecular flexibility index (Phi) is 4.14. The Morgan fingerprint density at radius 3 is 2.45 bits per heavy atom. The second-order valence-electron chi connectivity index (χ2n) is 7.11. The van der Waals surface area contributed by atoms with Crippen LogP contribution in [-0.4, -0.2) is 22.8 Å². The lowest BCUT2D eigenvalue weighted by Crippen LogP contribution is -2.39. The standard InChI is InChI=1S/C18H23NO3/c1-11-7-6-8-13(9-11)19-14(10-18(3,4)5)15(12(2)20)16(21)17(19)22/h6-9,14,21H,10H2,1-5H3. The van der Waals surface area contributed by atoms with Crippen molar-refractivity contribution in [1.29, 1.82) is 0 Å². The third kappa shape index (κ3) is 3.06. The first-order chi connectivity index (χ1) is 10.1. The van der Waals surface area contributed by atoms with Crippen LogP contribution in [0.25, 0.3) is 0 Å². The van der Waals surface area contributed by atoms with Gasteiger partial charge in [0.15, 0.2) is 11.5 Å². The van der Waals surface area contributed by atoms with Gasteiger partial charge in [0.05, 0.1) is 11.6 Å². The third-order valence-electron chi connectivity index (χ3n) is 3.79. The highest BCUT2D eigenvalue weighted by Gasteiger charge is 2.43. The van der Waals surface area contributed by atoms with Crippen LogP contribution in [0, 0.1) is 12.3 Å². The lowest BCUT2D eigenvalue weighted by atomic mass is 9.84. The molecular weight excluding hydrogens is 278 g/mol. The maximum Gasteiger partial charge on any atom is 0.294 e. The molecule has 0 spiro atoms. The number of ketones is 1. The van der Waals surface area contributed by atoms with Gasteiger partial charge >= 0.3 is 0 Å². The zero-order valence-corrected chi connectivity index (χ0v) is 13.8. The highest BCUT2D eigenvalue weighted by Crippen LogP contribution is 2.37. The molecule has 1 aliphatic heterocycles. The second-order valence-corrected chi connectivity index (χ2v) is 7.11. The smallest absolute Gasteiger partial charge is 0.294 e. The van der Waals surface area contributed by atoms with Gasteiger partial charge in [0.1, 0.15) is 0 Å². The summed E-state index contributed by atoms with van der Waals surface area (Å²) in [5, 5.41) is 10.2. The molecular formula is C18H23NO3. The van der Waals surface area contributed by atoms with E-state index in [1.54, 1.807) is 4.90 Å². The first kappa shape index (κ1) is 16.3. The summed E-state index contributed by atoms with van der Waals surface area (Å²) in [7, 11) is 0. The molecule has 0 bridgehead atoms. The number of carbonyl (C=O) groups is 2. The van der Waals surface area contributed by atoms with Crippen LogP contribution < -0.4 is 4.90 Å². The SMILES string of the molecule is CC(=O)C1=C(O)C(=O)N(c2cccc(C)c2)C1CC(C)(C)C. The molecule has 0 radical (unpaired) electrons. The fraction of sp³-hybridized carbons (Fsp3) is 0.444. The predicted octanol–water partition coefficient (Wildman–Crippen LogP) is 3.55. The minimum absolute atomic E-state index is 0.0850. The first-order valence-electron chi connectivity index (χ1n) is 7.46. The van der Waals surface area contributed by atoms with Gasteiger partial charge in [-0.1, -0.05) is 32.9 Å². The molecule has 2 rings (SSSR count). The highest BCUT2D eigenvalue weighted by atomic mass is 16.3. The molecule has 0 saturated carbocycles. The lowest BCUT2D eigenvalue weighted by Gasteiger charge is -2.31. The van der Waals surface area contributed by atoms with E-state index in [9.17, 15) is 14.7 Å². The van der Waals surface area contributed by atoms with Gasteiger partial charge in [0.2, 0.25) is 0 Å². The third-order valence-corrected chi connectivity index (χ3v) is 3.79. The summed E-state index contributed by atoms with van der Waals surface area (Å²) in [6.07, 6.45) is 0.603. The predicted molar refractivity (Wildman–Crippen MR) is 86.9 cm³/mol. The van der Waals surface area contributed by atoms with Crippen molar-refractivity contribution in [1.82, 2.24) is 0 Å². The van der Waals surface area contributed by atoms with Crippen molar-refractivity contribution in [3.63, 3.8) is 0 Å². The number of aryl methyl sites for hydroxylation is 1.